The molecule has 1 unspecified atom stereocenters. The van der Waals surface area contributed by atoms with Gasteiger partial charge in [-0.05, 0) is 29.9 Å². The molecule has 0 amide bonds. The quantitative estimate of drug-likeness (QED) is 0.870. The number of carbonyl (C=O) groups excluding carboxylic acids is 1. The van der Waals surface area contributed by atoms with Crippen LogP contribution in [0.2, 0.25) is 0 Å². The van der Waals surface area contributed by atoms with Gasteiger partial charge in [-0.2, -0.15) is 13.2 Å². The van der Waals surface area contributed by atoms with Crippen molar-refractivity contribution in [3.63, 3.8) is 0 Å². The predicted molar refractivity (Wildman–Crippen MR) is 65.1 cm³/mol. The second-order valence-corrected chi connectivity index (χ2v) is 4.75. The van der Waals surface area contributed by atoms with Crippen LogP contribution in [0.25, 0.3) is 10.1 Å². The topological polar surface area (TPSA) is 29.1 Å². The van der Waals surface area contributed by atoms with Gasteiger partial charge in [0.25, 0.3) is 0 Å². The van der Waals surface area contributed by atoms with Crippen molar-refractivity contribution in [1.82, 2.24) is 5.32 Å². The second kappa shape index (κ2) is 4.70. The van der Waals surface area contributed by atoms with E-state index in [9.17, 15) is 18.0 Å². The van der Waals surface area contributed by atoms with Crippen LogP contribution < -0.4 is 5.32 Å². The molecule has 0 fully saturated rings. The Kier molecular flexibility index (Phi) is 3.41. The van der Waals surface area contributed by atoms with Crippen molar-refractivity contribution in [3.8, 4) is 0 Å². The third-order valence-corrected chi connectivity index (χ3v) is 3.50. The summed E-state index contributed by atoms with van der Waals surface area (Å²) in [5.74, 6) is -0.958. The number of carbonyl (C=O) groups is 1. The van der Waals surface area contributed by atoms with Crippen LogP contribution in [0.5, 0.6) is 0 Å². The van der Waals surface area contributed by atoms with Crippen LogP contribution in [-0.4, -0.2) is 25.0 Å². The van der Waals surface area contributed by atoms with Gasteiger partial charge in [-0.1, -0.05) is 12.1 Å². The van der Waals surface area contributed by atoms with Gasteiger partial charge in [0.15, 0.2) is 11.8 Å². The van der Waals surface area contributed by atoms with Gasteiger partial charge < -0.3 is 5.32 Å². The van der Waals surface area contributed by atoms with Gasteiger partial charge in [0, 0.05) is 10.3 Å². The Balaban J connectivity index is 2.37. The standard InChI is InChI=1S/C12H10F3NOS/c1-16-11(12(13,14)15)10(17)8-3-2-7-4-5-18-9(7)6-8/h2-6,11,16H,1H3. The first-order valence-electron chi connectivity index (χ1n) is 5.19. The summed E-state index contributed by atoms with van der Waals surface area (Å²) in [6, 6.07) is 4.27. The first-order chi connectivity index (χ1) is 8.43. The zero-order valence-corrected chi connectivity index (χ0v) is 10.2. The summed E-state index contributed by atoms with van der Waals surface area (Å²) in [4.78, 5) is 11.8. The van der Waals surface area contributed by atoms with Crippen LogP contribution in [0.15, 0.2) is 29.6 Å². The Labute approximate surface area is 105 Å². The maximum Gasteiger partial charge on any atom is 0.411 e. The number of ketones is 1. The van der Waals surface area contributed by atoms with Gasteiger partial charge >= 0.3 is 6.18 Å². The fourth-order valence-corrected chi connectivity index (χ4v) is 2.55. The molecule has 0 aliphatic carbocycles. The van der Waals surface area contributed by atoms with Gasteiger partial charge in [-0.25, -0.2) is 0 Å². The molecule has 6 heteroatoms. The molecule has 1 N–H and O–H groups in total. The van der Waals surface area contributed by atoms with E-state index in [0.717, 1.165) is 17.1 Å². The zero-order chi connectivity index (χ0) is 13.3. The van der Waals surface area contributed by atoms with E-state index >= 15 is 0 Å². The molecule has 0 radical (unpaired) electrons. The first kappa shape index (κ1) is 13.0. The molecule has 0 aliphatic rings. The average Bonchev–Trinajstić information content (AvgIpc) is 2.74. The third-order valence-electron chi connectivity index (χ3n) is 2.62. The summed E-state index contributed by atoms with van der Waals surface area (Å²) in [6.45, 7) is 0. The molecule has 1 aromatic heterocycles. The minimum Gasteiger partial charge on any atom is -0.303 e. The highest BCUT2D eigenvalue weighted by Crippen LogP contribution is 2.26. The summed E-state index contributed by atoms with van der Waals surface area (Å²) in [5.41, 5.74) is 0.0709. The van der Waals surface area contributed by atoms with E-state index in [2.05, 4.69) is 0 Å². The Morgan fingerprint density at radius 1 is 1.33 bits per heavy atom. The maximum absolute atomic E-state index is 12.6. The summed E-state index contributed by atoms with van der Waals surface area (Å²) >= 11 is 1.39. The Bertz CT molecular complexity index is 576. The summed E-state index contributed by atoms with van der Waals surface area (Å²) in [6.07, 6.45) is -4.59. The van der Waals surface area contributed by atoms with Gasteiger partial charge in [-0.3, -0.25) is 4.79 Å². The van der Waals surface area contributed by atoms with Gasteiger partial charge in [0.1, 0.15) is 0 Å². The van der Waals surface area contributed by atoms with E-state index in [-0.39, 0.29) is 5.56 Å². The monoisotopic (exact) mass is 273 g/mol. The lowest BCUT2D eigenvalue weighted by atomic mass is 10.0. The van der Waals surface area contributed by atoms with Crippen molar-refractivity contribution in [3.05, 3.63) is 35.2 Å². The molecule has 1 atom stereocenters. The predicted octanol–water partition coefficient (Wildman–Crippen LogP) is 3.23. The molecule has 18 heavy (non-hydrogen) atoms. The fourth-order valence-electron chi connectivity index (χ4n) is 1.72. The van der Waals surface area contributed by atoms with Crippen molar-refractivity contribution >= 4 is 27.2 Å². The number of fused-ring (bicyclic) bond motifs is 1. The summed E-state index contributed by atoms with van der Waals surface area (Å²) in [5, 5.41) is 4.76. The van der Waals surface area contributed by atoms with Crippen LogP contribution in [0, 0.1) is 0 Å². The van der Waals surface area contributed by atoms with Gasteiger partial charge in [-0.15, -0.1) is 11.3 Å². The van der Waals surface area contributed by atoms with E-state index < -0.39 is 18.0 Å². The van der Waals surface area contributed by atoms with Crippen LogP contribution in [0.3, 0.4) is 0 Å². The van der Waals surface area contributed by atoms with Crippen LogP contribution in [0.4, 0.5) is 13.2 Å². The Hall–Kier alpha value is -1.40. The van der Waals surface area contributed by atoms with Crippen LogP contribution >= 0.6 is 11.3 Å². The lowest BCUT2D eigenvalue weighted by Crippen LogP contribution is -2.46. The first-order valence-corrected chi connectivity index (χ1v) is 6.07. The largest absolute Gasteiger partial charge is 0.411 e. The van der Waals surface area contributed by atoms with E-state index in [1.165, 1.54) is 23.5 Å². The van der Waals surface area contributed by atoms with Crippen LogP contribution in [-0.2, 0) is 0 Å². The van der Waals surface area contributed by atoms with Crippen LogP contribution in [0.1, 0.15) is 10.4 Å². The molecule has 96 valence electrons. The average molecular weight is 273 g/mol. The molecule has 0 saturated heterocycles. The number of thiophene rings is 1. The molecular weight excluding hydrogens is 263 g/mol. The zero-order valence-electron chi connectivity index (χ0n) is 9.41. The summed E-state index contributed by atoms with van der Waals surface area (Å²) in [7, 11) is 1.12. The number of rotatable bonds is 3. The molecule has 2 nitrogen and oxygen atoms in total. The molecule has 0 bridgehead atoms. The molecule has 2 rings (SSSR count). The molecule has 0 aliphatic heterocycles. The highest BCUT2D eigenvalue weighted by molar-refractivity contribution is 7.17. The number of hydrogen-bond donors (Lipinski definition) is 1. The third kappa shape index (κ3) is 2.39. The number of Topliss-reactive ketones (excluding diaryl/α,β-unsaturated/α-hetero) is 1. The SMILES string of the molecule is CNC(C(=O)c1ccc2ccsc2c1)C(F)(F)F. The minimum atomic E-state index is -4.59. The molecular formula is C12H10F3NOS. The Morgan fingerprint density at radius 2 is 2.06 bits per heavy atom. The Morgan fingerprint density at radius 3 is 2.67 bits per heavy atom. The number of likely N-dealkylation sites (N-methyl/N-ethyl adjacent to an activating group) is 1. The fraction of sp³-hybridized carbons (Fsp3) is 0.250. The highest BCUT2D eigenvalue weighted by atomic mass is 32.1. The van der Waals surface area contributed by atoms with E-state index in [1.54, 1.807) is 6.07 Å². The lowest BCUT2D eigenvalue weighted by Gasteiger charge is -2.18. The smallest absolute Gasteiger partial charge is 0.303 e. The minimum absolute atomic E-state index is 0.0709. The molecule has 0 saturated carbocycles. The van der Waals surface area contributed by atoms with E-state index in [0.29, 0.717) is 0 Å². The number of hydrogen-bond acceptors (Lipinski definition) is 3. The number of nitrogens with one attached hydrogen (secondary N) is 1. The van der Waals surface area contributed by atoms with Crippen molar-refractivity contribution in [2.75, 3.05) is 7.05 Å². The van der Waals surface area contributed by atoms with Crippen molar-refractivity contribution < 1.29 is 18.0 Å². The molecule has 0 spiro atoms. The lowest BCUT2D eigenvalue weighted by molar-refractivity contribution is -0.143. The van der Waals surface area contributed by atoms with Crippen molar-refractivity contribution in [2.24, 2.45) is 0 Å². The molecule has 2 aromatic rings. The molecule has 1 aromatic carbocycles. The highest BCUT2D eigenvalue weighted by Gasteiger charge is 2.43. The van der Waals surface area contributed by atoms with E-state index in [4.69, 9.17) is 0 Å². The normalized spacial score (nSPS) is 13.8. The molecule has 1 heterocycles. The van der Waals surface area contributed by atoms with Crippen molar-refractivity contribution in [1.29, 1.82) is 0 Å². The summed E-state index contributed by atoms with van der Waals surface area (Å²) < 4.78 is 38.7. The number of benzene rings is 1. The van der Waals surface area contributed by atoms with E-state index in [1.807, 2.05) is 16.8 Å². The second-order valence-electron chi connectivity index (χ2n) is 3.80. The maximum atomic E-state index is 12.6. The van der Waals surface area contributed by atoms with Crippen molar-refractivity contribution in [2.45, 2.75) is 12.2 Å². The number of alkyl halides is 3. The van der Waals surface area contributed by atoms with Gasteiger partial charge in [0.05, 0.1) is 0 Å². The number of halogens is 3. The van der Waals surface area contributed by atoms with Gasteiger partial charge in [0.2, 0.25) is 0 Å².